The molecule has 3 saturated carbocycles. The molecular formula is C24H32ClFO3. The third-order valence-electron chi connectivity index (χ3n) is 9.77. The number of rotatable bonds is 3. The van der Waals surface area contributed by atoms with E-state index in [9.17, 15) is 14.7 Å². The second-order valence-corrected chi connectivity index (χ2v) is 10.6. The molecule has 4 aliphatic rings. The summed E-state index contributed by atoms with van der Waals surface area (Å²) in [4.78, 5) is 25.0. The zero-order valence-electron chi connectivity index (χ0n) is 17.8. The first-order chi connectivity index (χ1) is 13.5. The number of hydrogen-bond donors (Lipinski definition) is 1. The third-order valence-corrected chi connectivity index (χ3v) is 10.0. The first kappa shape index (κ1) is 21.2. The Morgan fingerprint density at radius 2 is 2.00 bits per heavy atom. The first-order valence-electron chi connectivity index (χ1n) is 10.9. The molecule has 4 aliphatic carbocycles. The van der Waals surface area contributed by atoms with Gasteiger partial charge in [-0.1, -0.05) is 38.8 Å². The van der Waals surface area contributed by atoms with Gasteiger partial charge < -0.3 is 5.11 Å². The van der Waals surface area contributed by atoms with Gasteiger partial charge in [0.2, 0.25) is 0 Å². The number of fused-ring (bicyclic) bond motifs is 5. The molecule has 0 aromatic rings. The van der Waals surface area contributed by atoms with E-state index in [-0.39, 0.29) is 41.6 Å². The van der Waals surface area contributed by atoms with Crippen molar-refractivity contribution in [2.75, 3.05) is 5.88 Å². The molecule has 160 valence electrons. The van der Waals surface area contributed by atoms with E-state index in [1.807, 2.05) is 13.8 Å². The molecule has 5 heteroatoms. The first-order valence-corrected chi connectivity index (χ1v) is 11.4. The molecular weight excluding hydrogens is 391 g/mol. The molecule has 8 atom stereocenters. The van der Waals surface area contributed by atoms with Crippen LogP contribution in [0.4, 0.5) is 4.39 Å². The molecule has 0 spiro atoms. The molecule has 0 aromatic carbocycles. The normalized spacial score (nSPS) is 51.1. The van der Waals surface area contributed by atoms with Crippen molar-refractivity contribution >= 4 is 23.2 Å². The maximum atomic E-state index is 17.1. The van der Waals surface area contributed by atoms with Crippen LogP contribution in [0.15, 0.2) is 23.8 Å². The minimum atomic E-state index is -1.84. The number of carbonyl (C=O) groups excluding carboxylic acids is 2. The molecule has 0 radical (unpaired) electrons. The summed E-state index contributed by atoms with van der Waals surface area (Å²) in [5.41, 5.74) is -3.19. The van der Waals surface area contributed by atoms with Gasteiger partial charge in [-0.25, -0.2) is 4.39 Å². The van der Waals surface area contributed by atoms with E-state index in [1.165, 1.54) is 6.08 Å². The molecule has 1 N–H and O–H groups in total. The zero-order valence-corrected chi connectivity index (χ0v) is 18.6. The Morgan fingerprint density at radius 3 is 2.62 bits per heavy atom. The fourth-order valence-corrected chi connectivity index (χ4v) is 8.14. The molecule has 4 rings (SSSR count). The second-order valence-electron chi connectivity index (χ2n) is 10.4. The standard InChI is InChI=1S/C24H32ClFO3/c1-5-14-11-18-17-7-6-15-10-16(27)8-9-21(15,2)24(17,26)19(28)12-22(18,3)23(14,4)20(29)13-25/h8-10,14,17-19,28H,5-7,11-13H2,1-4H3/t14-,17+,18+,19+,21+,22+,23-,24+/m1/s1. The molecule has 0 bridgehead atoms. The zero-order chi connectivity index (χ0) is 21.4. The lowest BCUT2D eigenvalue weighted by atomic mass is 9.43. The van der Waals surface area contributed by atoms with Gasteiger partial charge in [-0.2, -0.15) is 0 Å². The molecule has 0 unspecified atom stereocenters. The number of Topliss-reactive ketones (excluding diaryl/α,β-unsaturated/α-hetero) is 1. The van der Waals surface area contributed by atoms with E-state index >= 15 is 4.39 Å². The number of allylic oxidation sites excluding steroid dienone is 4. The molecule has 3 fully saturated rings. The highest BCUT2D eigenvalue weighted by Crippen LogP contribution is 2.73. The molecule has 3 nitrogen and oxygen atoms in total. The number of aliphatic hydroxyl groups is 1. The molecule has 0 heterocycles. The van der Waals surface area contributed by atoms with Gasteiger partial charge in [-0.3, -0.25) is 9.59 Å². The number of halogens is 2. The Labute approximate surface area is 177 Å². The van der Waals surface area contributed by atoms with Crippen LogP contribution in [0.25, 0.3) is 0 Å². The summed E-state index contributed by atoms with van der Waals surface area (Å²) in [6.45, 7) is 7.99. The lowest BCUT2D eigenvalue weighted by Crippen LogP contribution is -2.67. The van der Waals surface area contributed by atoms with Crippen molar-refractivity contribution in [1.82, 2.24) is 0 Å². The van der Waals surface area contributed by atoms with Crippen LogP contribution < -0.4 is 0 Å². The maximum absolute atomic E-state index is 17.1. The SMILES string of the molecule is CC[C@@H]1C[C@H]2[C@@H]3CCC4=CC(=O)C=C[C@]4(C)[C@@]3(F)[C@@H](O)C[C@]2(C)[C@@]1(C)C(=O)CCl. The topological polar surface area (TPSA) is 54.4 Å². The van der Waals surface area contributed by atoms with E-state index < -0.39 is 28.0 Å². The van der Waals surface area contributed by atoms with E-state index in [4.69, 9.17) is 11.6 Å². The van der Waals surface area contributed by atoms with Crippen LogP contribution in [-0.2, 0) is 9.59 Å². The summed E-state index contributed by atoms with van der Waals surface area (Å²) in [6.07, 6.45) is 6.59. The van der Waals surface area contributed by atoms with E-state index in [1.54, 1.807) is 12.2 Å². The number of hydrogen-bond acceptors (Lipinski definition) is 3. The summed E-state index contributed by atoms with van der Waals surface area (Å²) in [7, 11) is 0. The van der Waals surface area contributed by atoms with Gasteiger partial charge in [0.15, 0.2) is 17.2 Å². The largest absolute Gasteiger partial charge is 0.390 e. The Bertz CT molecular complexity index is 821. The van der Waals surface area contributed by atoms with Crippen LogP contribution >= 0.6 is 11.6 Å². The average Bonchev–Trinajstić information content (AvgIpc) is 2.91. The van der Waals surface area contributed by atoms with E-state index in [2.05, 4.69) is 13.8 Å². The van der Waals surface area contributed by atoms with Crippen molar-refractivity contribution in [2.24, 2.45) is 34.0 Å². The van der Waals surface area contributed by atoms with Crippen molar-refractivity contribution in [3.8, 4) is 0 Å². The predicted molar refractivity (Wildman–Crippen MR) is 111 cm³/mol. The Kier molecular flexibility index (Phi) is 4.76. The number of carbonyl (C=O) groups is 2. The highest BCUT2D eigenvalue weighted by Gasteiger charge is 2.74. The third kappa shape index (κ3) is 2.34. The highest BCUT2D eigenvalue weighted by molar-refractivity contribution is 6.28. The minimum absolute atomic E-state index is 0.00224. The summed E-state index contributed by atoms with van der Waals surface area (Å²) in [5, 5.41) is 11.3. The number of ketones is 2. The van der Waals surface area contributed by atoms with Crippen molar-refractivity contribution < 1.29 is 19.1 Å². The van der Waals surface area contributed by atoms with Crippen LogP contribution in [0, 0.1) is 34.0 Å². The van der Waals surface area contributed by atoms with Gasteiger partial charge in [0.25, 0.3) is 0 Å². The fraction of sp³-hybridized carbons (Fsp3) is 0.750. The van der Waals surface area contributed by atoms with Crippen molar-refractivity contribution in [1.29, 1.82) is 0 Å². The van der Waals surface area contributed by atoms with Crippen molar-refractivity contribution in [3.05, 3.63) is 23.8 Å². The summed E-state index contributed by atoms with van der Waals surface area (Å²) < 4.78 is 17.1. The molecule has 0 amide bonds. The van der Waals surface area contributed by atoms with Crippen molar-refractivity contribution in [2.45, 2.75) is 71.6 Å². The van der Waals surface area contributed by atoms with Crippen molar-refractivity contribution in [3.63, 3.8) is 0 Å². The quantitative estimate of drug-likeness (QED) is 0.664. The van der Waals surface area contributed by atoms with Gasteiger partial charge in [0.1, 0.15) is 0 Å². The predicted octanol–water partition coefficient (Wildman–Crippen LogP) is 4.81. The monoisotopic (exact) mass is 422 g/mol. The molecule has 0 aromatic heterocycles. The molecule has 29 heavy (non-hydrogen) atoms. The van der Waals surface area contributed by atoms with Crippen LogP contribution in [0.2, 0.25) is 0 Å². The number of alkyl halides is 2. The van der Waals surface area contributed by atoms with Crippen LogP contribution in [0.3, 0.4) is 0 Å². The lowest BCUT2D eigenvalue weighted by Gasteiger charge is -2.63. The minimum Gasteiger partial charge on any atom is -0.390 e. The molecule has 0 aliphatic heterocycles. The van der Waals surface area contributed by atoms with Gasteiger partial charge in [0.05, 0.1) is 12.0 Å². The maximum Gasteiger partial charge on any atom is 0.178 e. The molecule has 0 saturated heterocycles. The fourth-order valence-electron chi connectivity index (χ4n) is 7.86. The number of aliphatic hydroxyl groups excluding tert-OH is 1. The van der Waals surface area contributed by atoms with Crippen LogP contribution in [-0.4, -0.2) is 34.3 Å². The smallest absolute Gasteiger partial charge is 0.178 e. The van der Waals surface area contributed by atoms with Crippen LogP contribution in [0.1, 0.15) is 59.8 Å². The Balaban J connectivity index is 1.84. The van der Waals surface area contributed by atoms with Gasteiger partial charge in [0, 0.05) is 16.7 Å². The highest BCUT2D eigenvalue weighted by atomic mass is 35.5. The van der Waals surface area contributed by atoms with Gasteiger partial charge in [-0.15, -0.1) is 11.6 Å². The summed E-state index contributed by atoms with van der Waals surface area (Å²) in [5.74, 6) is -0.363. The summed E-state index contributed by atoms with van der Waals surface area (Å²) >= 11 is 6.03. The lowest BCUT2D eigenvalue weighted by molar-refractivity contribution is -0.204. The summed E-state index contributed by atoms with van der Waals surface area (Å²) in [6, 6.07) is 0. The Morgan fingerprint density at radius 1 is 1.31 bits per heavy atom. The second kappa shape index (κ2) is 6.50. The van der Waals surface area contributed by atoms with Gasteiger partial charge in [-0.05, 0) is 62.0 Å². The van der Waals surface area contributed by atoms with Gasteiger partial charge >= 0.3 is 0 Å². The van der Waals surface area contributed by atoms with E-state index in [0.29, 0.717) is 12.8 Å². The van der Waals surface area contributed by atoms with E-state index in [0.717, 1.165) is 18.4 Å². The Hall–Kier alpha value is -1.00. The average molecular weight is 423 g/mol. The van der Waals surface area contributed by atoms with Crippen LogP contribution in [0.5, 0.6) is 0 Å².